The molecule has 2 unspecified atom stereocenters. The fourth-order valence-corrected chi connectivity index (χ4v) is 3.15. The second kappa shape index (κ2) is 7.65. The first-order chi connectivity index (χ1) is 13.7. The highest BCUT2D eigenvalue weighted by atomic mass is 16.5. The average molecular weight is 381 g/mol. The molecule has 0 aliphatic carbocycles. The van der Waals surface area contributed by atoms with Crippen molar-refractivity contribution in [1.82, 2.24) is 25.3 Å². The minimum atomic E-state index is -0.408. The Morgan fingerprint density at radius 1 is 1.32 bits per heavy atom. The molecule has 3 heterocycles. The van der Waals surface area contributed by atoms with Crippen molar-refractivity contribution < 1.29 is 14.3 Å². The van der Waals surface area contributed by atoms with E-state index in [4.69, 9.17) is 9.47 Å². The van der Waals surface area contributed by atoms with Crippen LogP contribution in [0.5, 0.6) is 5.75 Å². The van der Waals surface area contributed by atoms with Gasteiger partial charge in [-0.2, -0.15) is 10.2 Å². The number of hydrogen-bond donors (Lipinski definition) is 2. The number of carbonyl (C=O) groups is 1. The van der Waals surface area contributed by atoms with Crippen LogP contribution in [0.2, 0.25) is 0 Å². The number of benzene rings is 1. The lowest BCUT2D eigenvalue weighted by Gasteiger charge is -2.20. The molecule has 144 valence electrons. The number of hydrogen-bond acceptors (Lipinski definition) is 6. The van der Waals surface area contributed by atoms with Gasteiger partial charge < -0.3 is 14.8 Å². The molecule has 1 aliphatic rings. The van der Waals surface area contributed by atoms with Crippen LogP contribution in [0.15, 0.2) is 53.6 Å². The van der Waals surface area contributed by atoms with Crippen molar-refractivity contribution in [3.8, 4) is 17.0 Å². The molecule has 28 heavy (non-hydrogen) atoms. The Bertz CT molecular complexity index is 1030. The molecule has 3 aromatic rings. The lowest BCUT2D eigenvalue weighted by Crippen LogP contribution is -2.44. The van der Waals surface area contributed by atoms with Gasteiger partial charge in [-0.05, 0) is 18.2 Å². The van der Waals surface area contributed by atoms with E-state index >= 15 is 0 Å². The zero-order valence-corrected chi connectivity index (χ0v) is 15.2. The predicted molar refractivity (Wildman–Crippen MR) is 100 cm³/mol. The quantitative estimate of drug-likeness (QED) is 0.682. The predicted octanol–water partition coefficient (Wildman–Crippen LogP) is 1.01. The van der Waals surface area contributed by atoms with Crippen LogP contribution in [-0.4, -0.2) is 52.3 Å². The summed E-state index contributed by atoms with van der Waals surface area (Å²) in [5, 5.41) is 13.8. The largest absolute Gasteiger partial charge is 0.497 e. The smallest absolute Gasteiger partial charge is 0.267 e. The van der Waals surface area contributed by atoms with Crippen LogP contribution >= 0.6 is 0 Å². The summed E-state index contributed by atoms with van der Waals surface area (Å²) in [6, 6.07) is 9.78. The maximum Gasteiger partial charge on any atom is 0.267 e. The van der Waals surface area contributed by atoms with Gasteiger partial charge in [0.05, 0.1) is 43.8 Å². The second-order valence-electron chi connectivity index (χ2n) is 6.41. The Morgan fingerprint density at radius 3 is 3.00 bits per heavy atom. The maximum atomic E-state index is 12.5. The van der Waals surface area contributed by atoms with E-state index in [0.717, 1.165) is 5.56 Å². The molecule has 1 aliphatic heterocycles. The van der Waals surface area contributed by atoms with Gasteiger partial charge in [-0.3, -0.25) is 14.7 Å². The molecule has 2 N–H and O–H groups in total. The highest BCUT2D eigenvalue weighted by Gasteiger charge is 2.33. The minimum Gasteiger partial charge on any atom is -0.497 e. The topological polar surface area (TPSA) is 111 Å². The zero-order chi connectivity index (χ0) is 19.5. The van der Waals surface area contributed by atoms with Gasteiger partial charge in [0.2, 0.25) is 0 Å². The van der Waals surface area contributed by atoms with E-state index in [1.165, 1.54) is 23.1 Å². The first-order valence-electron chi connectivity index (χ1n) is 8.77. The van der Waals surface area contributed by atoms with Crippen LogP contribution in [-0.2, 0) is 4.74 Å². The second-order valence-corrected chi connectivity index (χ2v) is 6.41. The summed E-state index contributed by atoms with van der Waals surface area (Å²) in [6.45, 7) is 0.580. The normalized spacial score (nSPS) is 18.8. The summed E-state index contributed by atoms with van der Waals surface area (Å²) in [4.78, 5) is 24.8. The molecule has 0 bridgehead atoms. The minimum absolute atomic E-state index is 0.260. The van der Waals surface area contributed by atoms with Gasteiger partial charge in [-0.15, -0.1) is 0 Å². The highest BCUT2D eigenvalue weighted by Crippen LogP contribution is 2.23. The number of rotatable bonds is 5. The van der Waals surface area contributed by atoms with E-state index in [9.17, 15) is 9.59 Å². The van der Waals surface area contributed by atoms with E-state index in [1.807, 2.05) is 24.3 Å². The molecule has 2 aromatic heterocycles. The SMILES string of the molecule is COc1cccc(-c2ccc(=O)n(C3COCC3NC(=O)c3cn[nH]c3)n2)c1. The summed E-state index contributed by atoms with van der Waals surface area (Å²) in [6.07, 6.45) is 2.95. The summed E-state index contributed by atoms with van der Waals surface area (Å²) >= 11 is 0. The van der Waals surface area contributed by atoms with E-state index in [2.05, 4.69) is 20.6 Å². The van der Waals surface area contributed by atoms with Gasteiger partial charge in [-0.1, -0.05) is 12.1 Å². The van der Waals surface area contributed by atoms with Crippen LogP contribution < -0.4 is 15.6 Å². The molecule has 0 saturated carbocycles. The Kier molecular flexibility index (Phi) is 4.90. The summed E-state index contributed by atoms with van der Waals surface area (Å²) in [5.41, 5.74) is 1.61. The van der Waals surface area contributed by atoms with Crippen molar-refractivity contribution in [3.63, 3.8) is 0 Å². The lowest BCUT2D eigenvalue weighted by atomic mass is 10.1. The van der Waals surface area contributed by atoms with Crippen LogP contribution in [0.1, 0.15) is 16.4 Å². The first kappa shape index (κ1) is 17.9. The van der Waals surface area contributed by atoms with Crippen LogP contribution in [0.25, 0.3) is 11.3 Å². The number of methoxy groups -OCH3 is 1. The van der Waals surface area contributed by atoms with E-state index in [-0.39, 0.29) is 24.1 Å². The highest BCUT2D eigenvalue weighted by molar-refractivity contribution is 5.93. The van der Waals surface area contributed by atoms with E-state index in [0.29, 0.717) is 23.6 Å². The van der Waals surface area contributed by atoms with Crippen molar-refractivity contribution in [1.29, 1.82) is 0 Å². The number of carbonyl (C=O) groups excluding carboxylic acids is 1. The van der Waals surface area contributed by atoms with E-state index < -0.39 is 6.04 Å². The third-order valence-corrected chi connectivity index (χ3v) is 4.63. The number of amides is 1. The molecule has 9 nitrogen and oxygen atoms in total. The van der Waals surface area contributed by atoms with Crippen molar-refractivity contribution in [2.45, 2.75) is 12.1 Å². The number of aromatic amines is 1. The van der Waals surface area contributed by atoms with Crippen molar-refractivity contribution >= 4 is 5.91 Å². The Balaban J connectivity index is 1.62. The monoisotopic (exact) mass is 381 g/mol. The number of aromatic nitrogens is 4. The number of H-pyrrole nitrogens is 1. The van der Waals surface area contributed by atoms with Gasteiger partial charge in [0.15, 0.2) is 0 Å². The Morgan fingerprint density at radius 2 is 2.21 bits per heavy atom. The molecule has 0 radical (unpaired) electrons. The van der Waals surface area contributed by atoms with Crippen molar-refractivity contribution in [3.05, 3.63) is 64.7 Å². The molecule has 1 saturated heterocycles. The van der Waals surface area contributed by atoms with Gasteiger partial charge in [0, 0.05) is 17.8 Å². The third kappa shape index (κ3) is 3.52. The number of nitrogens with one attached hydrogen (secondary N) is 2. The Hall–Kier alpha value is -3.46. The van der Waals surface area contributed by atoms with Crippen molar-refractivity contribution in [2.24, 2.45) is 0 Å². The molecule has 4 rings (SSSR count). The first-order valence-corrected chi connectivity index (χ1v) is 8.77. The molecule has 1 amide bonds. The van der Waals surface area contributed by atoms with Crippen LogP contribution in [0, 0.1) is 0 Å². The maximum absolute atomic E-state index is 12.5. The molecule has 0 spiro atoms. The van der Waals surface area contributed by atoms with Gasteiger partial charge >= 0.3 is 0 Å². The number of ether oxygens (including phenoxy) is 2. The lowest BCUT2D eigenvalue weighted by molar-refractivity contribution is 0.0924. The van der Waals surface area contributed by atoms with Gasteiger partial charge in [0.25, 0.3) is 11.5 Å². The van der Waals surface area contributed by atoms with Crippen LogP contribution in [0.4, 0.5) is 0 Å². The zero-order valence-electron chi connectivity index (χ0n) is 15.2. The standard InChI is InChI=1S/C19H19N5O4/c1-27-14-4-2-3-12(7-14)15-5-6-18(25)24(23-15)17-11-28-10-16(17)22-19(26)13-8-20-21-9-13/h2-9,16-17H,10-11H2,1H3,(H,20,21)(H,22,26). The number of nitrogens with zero attached hydrogens (tertiary/aromatic N) is 3. The molecule has 2 atom stereocenters. The molecule has 9 heteroatoms. The van der Waals surface area contributed by atoms with E-state index in [1.54, 1.807) is 13.2 Å². The molecule has 1 aromatic carbocycles. The van der Waals surface area contributed by atoms with Crippen molar-refractivity contribution in [2.75, 3.05) is 20.3 Å². The summed E-state index contributed by atoms with van der Waals surface area (Å²) in [5.74, 6) is 0.415. The van der Waals surface area contributed by atoms with Gasteiger partial charge in [0.1, 0.15) is 11.8 Å². The fraction of sp³-hybridized carbons (Fsp3) is 0.263. The molecular weight excluding hydrogens is 362 g/mol. The fourth-order valence-electron chi connectivity index (χ4n) is 3.15. The third-order valence-electron chi connectivity index (χ3n) is 4.63. The average Bonchev–Trinajstić information content (AvgIpc) is 3.40. The molecular formula is C19H19N5O4. The summed E-state index contributed by atoms with van der Waals surface area (Å²) in [7, 11) is 1.59. The summed E-state index contributed by atoms with van der Waals surface area (Å²) < 4.78 is 12.2. The van der Waals surface area contributed by atoms with Crippen LogP contribution in [0.3, 0.4) is 0 Å². The molecule has 1 fully saturated rings. The van der Waals surface area contributed by atoms with Gasteiger partial charge in [-0.25, -0.2) is 4.68 Å². The Labute approximate surface area is 160 Å².